The first kappa shape index (κ1) is 16.1. The van der Waals surface area contributed by atoms with E-state index in [1.807, 2.05) is 6.92 Å². The zero-order chi connectivity index (χ0) is 15.6. The second kappa shape index (κ2) is 6.77. The van der Waals surface area contributed by atoms with Crippen molar-refractivity contribution in [3.63, 3.8) is 0 Å². The number of hydrogen-bond acceptors (Lipinski definition) is 3. The van der Waals surface area contributed by atoms with Crippen LogP contribution >= 0.6 is 0 Å². The zero-order valence-corrected chi connectivity index (χ0v) is 14.4. The molecule has 3 fully saturated rings. The normalized spacial score (nSPS) is 36.7. The summed E-state index contributed by atoms with van der Waals surface area (Å²) >= 11 is 0. The molecular formula is C16H29N3O2S. The Balaban J connectivity index is 1.48. The van der Waals surface area contributed by atoms with Crippen molar-refractivity contribution in [2.75, 3.05) is 24.6 Å². The number of sulfone groups is 1. The number of guanidine groups is 1. The van der Waals surface area contributed by atoms with Crippen LogP contribution in [-0.2, 0) is 9.84 Å². The molecule has 3 rings (SSSR count). The fraction of sp³-hybridized carbons (Fsp3) is 0.938. The number of fused-ring (bicyclic) bond motifs is 2. The summed E-state index contributed by atoms with van der Waals surface area (Å²) in [6, 6.07) is 0.0188. The quantitative estimate of drug-likeness (QED) is 0.594. The predicted octanol–water partition coefficient (Wildman–Crippen LogP) is 1.55. The second-order valence-electron chi connectivity index (χ2n) is 7.23. The molecule has 3 aliphatic rings. The Morgan fingerprint density at radius 2 is 2.09 bits per heavy atom. The van der Waals surface area contributed by atoms with Crippen LogP contribution in [0.2, 0.25) is 0 Å². The van der Waals surface area contributed by atoms with Crippen molar-refractivity contribution in [2.24, 2.45) is 22.7 Å². The first-order chi connectivity index (χ1) is 10.6. The Labute approximate surface area is 134 Å². The maximum atomic E-state index is 11.5. The van der Waals surface area contributed by atoms with E-state index in [1.165, 1.54) is 32.1 Å². The molecule has 4 atom stereocenters. The van der Waals surface area contributed by atoms with Gasteiger partial charge in [-0.2, -0.15) is 0 Å². The lowest BCUT2D eigenvalue weighted by atomic mass is 9.86. The van der Waals surface area contributed by atoms with E-state index in [9.17, 15) is 8.42 Å². The molecule has 0 spiro atoms. The van der Waals surface area contributed by atoms with Crippen LogP contribution in [-0.4, -0.2) is 45.0 Å². The molecular weight excluding hydrogens is 298 g/mol. The largest absolute Gasteiger partial charge is 0.357 e. The lowest BCUT2D eigenvalue weighted by Gasteiger charge is -2.21. The third kappa shape index (κ3) is 3.94. The minimum Gasteiger partial charge on any atom is -0.357 e. The lowest BCUT2D eigenvalue weighted by molar-refractivity contribution is 0.318. The molecule has 0 aromatic rings. The van der Waals surface area contributed by atoms with Gasteiger partial charge in [-0.15, -0.1) is 0 Å². The van der Waals surface area contributed by atoms with Gasteiger partial charge >= 0.3 is 0 Å². The van der Waals surface area contributed by atoms with Crippen molar-refractivity contribution < 1.29 is 8.42 Å². The molecule has 2 aliphatic carbocycles. The van der Waals surface area contributed by atoms with Crippen molar-refractivity contribution in [2.45, 2.75) is 51.5 Å². The van der Waals surface area contributed by atoms with Gasteiger partial charge in [0.25, 0.3) is 0 Å². The Kier molecular flexibility index (Phi) is 4.95. The van der Waals surface area contributed by atoms with Crippen LogP contribution < -0.4 is 10.6 Å². The van der Waals surface area contributed by atoms with Gasteiger partial charge in [0.15, 0.2) is 15.8 Å². The number of nitrogens with one attached hydrogen (secondary N) is 2. The summed E-state index contributed by atoms with van der Waals surface area (Å²) < 4.78 is 23.1. The van der Waals surface area contributed by atoms with Crippen LogP contribution in [0, 0.1) is 17.8 Å². The SMILES string of the molecule is CCNC(=NCCC1CC2CCC1C2)NC1CCS(=O)(=O)C1. The van der Waals surface area contributed by atoms with Crippen molar-refractivity contribution in [3.8, 4) is 0 Å². The Morgan fingerprint density at radius 1 is 1.23 bits per heavy atom. The minimum atomic E-state index is -2.84. The third-order valence-corrected chi connectivity index (χ3v) is 7.34. The van der Waals surface area contributed by atoms with Gasteiger partial charge in [-0.1, -0.05) is 6.42 Å². The Hall–Kier alpha value is -0.780. The van der Waals surface area contributed by atoms with Crippen LogP contribution in [0.5, 0.6) is 0 Å². The smallest absolute Gasteiger partial charge is 0.191 e. The highest BCUT2D eigenvalue weighted by Gasteiger charge is 2.38. The Bertz CT molecular complexity index is 517. The molecule has 2 saturated carbocycles. The van der Waals surface area contributed by atoms with Gasteiger partial charge < -0.3 is 10.6 Å². The van der Waals surface area contributed by atoms with Gasteiger partial charge in [-0.05, 0) is 56.8 Å². The maximum Gasteiger partial charge on any atom is 0.191 e. The van der Waals surface area contributed by atoms with Crippen molar-refractivity contribution in [1.82, 2.24) is 10.6 Å². The highest BCUT2D eigenvalue weighted by molar-refractivity contribution is 7.91. The minimum absolute atomic E-state index is 0.0188. The molecule has 0 radical (unpaired) electrons. The monoisotopic (exact) mass is 327 g/mol. The van der Waals surface area contributed by atoms with Crippen molar-refractivity contribution in [3.05, 3.63) is 0 Å². The molecule has 1 aliphatic heterocycles. The van der Waals surface area contributed by atoms with Crippen molar-refractivity contribution >= 4 is 15.8 Å². The number of nitrogens with zero attached hydrogens (tertiary/aromatic N) is 1. The van der Waals surface area contributed by atoms with Gasteiger partial charge in [-0.3, -0.25) is 4.99 Å². The van der Waals surface area contributed by atoms with E-state index < -0.39 is 9.84 Å². The molecule has 22 heavy (non-hydrogen) atoms. The lowest BCUT2D eigenvalue weighted by Crippen LogP contribution is -2.44. The van der Waals surface area contributed by atoms with Gasteiger partial charge in [0.2, 0.25) is 0 Å². The molecule has 2 bridgehead atoms. The highest BCUT2D eigenvalue weighted by Crippen LogP contribution is 2.49. The van der Waals surface area contributed by atoms with Crippen LogP contribution in [0.1, 0.15) is 45.4 Å². The molecule has 5 nitrogen and oxygen atoms in total. The van der Waals surface area contributed by atoms with E-state index in [1.54, 1.807) is 0 Å². The fourth-order valence-electron chi connectivity index (χ4n) is 4.49. The molecule has 4 unspecified atom stereocenters. The first-order valence-corrected chi connectivity index (χ1v) is 10.6. The summed E-state index contributed by atoms with van der Waals surface area (Å²) in [4.78, 5) is 4.67. The molecule has 0 aromatic carbocycles. The fourth-order valence-corrected chi connectivity index (χ4v) is 6.17. The molecule has 1 saturated heterocycles. The first-order valence-electron chi connectivity index (χ1n) is 8.81. The van der Waals surface area contributed by atoms with Crippen LogP contribution in [0.15, 0.2) is 4.99 Å². The summed E-state index contributed by atoms with van der Waals surface area (Å²) in [6.45, 7) is 3.70. The average Bonchev–Trinajstić information content (AvgIpc) is 3.15. The summed E-state index contributed by atoms with van der Waals surface area (Å²) in [7, 11) is -2.84. The molecule has 0 aromatic heterocycles. The van der Waals surface area contributed by atoms with E-state index >= 15 is 0 Å². The van der Waals surface area contributed by atoms with E-state index in [0.717, 1.165) is 36.8 Å². The number of aliphatic imine (C=N–C) groups is 1. The number of rotatable bonds is 5. The van der Waals surface area contributed by atoms with E-state index in [4.69, 9.17) is 0 Å². The van der Waals surface area contributed by atoms with Crippen LogP contribution in [0.25, 0.3) is 0 Å². The zero-order valence-electron chi connectivity index (χ0n) is 13.6. The molecule has 126 valence electrons. The van der Waals surface area contributed by atoms with Gasteiger partial charge in [0.1, 0.15) is 0 Å². The summed E-state index contributed by atoms with van der Waals surface area (Å²) in [5.41, 5.74) is 0. The van der Waals surface area contributed by atoms with Gasteiger partial charge in [0, 0.05) is 19.1 Å². The predicted molar refractivity (Wildman–Crippen MR) is 89.7 cm³/mol. The molecule has 1 heterocycles. The van der Waals surface area contributed by atoms with E-state index in [-0.39, 0.29) is 11.8 Å². The Morgan fingerprint density at radius 3 is 2.68 bits per heavy atom. The van der Waals surface area contributed by atoms with E-state index in [2.05, 4.69) is 15.6 Å². The maximum absolute atomic E-state index is 11.5. The number of hydrogen-bond donors (Lipinski definition) is 2. The molecule has 2 N–H and O–H groups in total. The summed E-state index contributed by atoms with van der Waals surface area (Å²) in [6.07, 6.45) is 7.61. The van der Waals surface area contributed by atoms with Crippen LogP contribution in [0.4, 0.5) is 0 Å². The summed E-state index contributed by atoms with van der Waals surface area (Å²) in [5, 5.41) is 6.53. The molecule has 6 heteroatoms. The van der Waals surface area contributed by atoms with Gasteiger partial charge in [0.05, 0.1) is 11.5 Å². The van der Waals surface area contributed by atoms with Crippen LogP contribution in [0.3, 0.4) is 0 Å². The standard InChI is InChI=1S/C16H29N3O2S/c1-2-17-16(19-15-6-8-22(20,21)11-15)18-7-5-14-10-12-3-4-13(14)9-12/h12-15H,2-11H2,1H3,(H2,17,18,19). The van der Waals surface area contributed by atoms with E-state index in [0.29, 0.717) is 12.2 Å². The summed E-state index contributed by atoms with van der Waals surface area (Å²) in [5.74, 6) is 4.15. The third-order valence-electron chi connectivity index (χ3n) is 5.57. The topological polar surface area (TPSA) is 70.6 Å². The van der Waals surface area contributed by atoms with Crippen molar-refractivity contribution in [1.29, 1.82) is 0 Å². The second-order valence-corrected chi connectivity index (χ2v) is 9.46. The molecule has 0 amide bonds. The van der Waals surface area contributed by atoms with Gasteiger partial charge in [-0.25, -0.2) is 8.42 Å². The average molecular weight is 327 g/mol. The highest BCUT2D eigenvalue weighted by atomic mass is 32.2.